The number of hydrogen-bond acceptors (Lipinski definition) is 3. The molecule has 2 amide bonds. The first-order valence-corrected chi connectivity index (χ1v) is 6.76. The van der Waals surface area contributed by atoms with Gasteiger partial charge in [0.1, 0.15) is 0 Å². The van der Waals surface area contributed by atoms with Crippen molar-refractivity contribution in [2.75, 3.05) is 31.1 Å². The van der Waals surface area contributed by atoms with Gasteiger partial charge in [0.15, 0.2) is 0 Å². The largest absolute Gasteiger partial charge is 0.392 e. The van der Waals surface area contributed by atoms with E-state index in [0.717, 1.165) is 24.3 Å². The number of nitrogens with zero attached hydrogens (tertiary/aromatic N) is 2. The van der Waals surface area contributed by atoms with Crippen molar-refractivity contribution in [3.8, 4) is 0 Å². The van der Waals surface area contributed by atoms with Gasteiger partial charge < -0.3 is 20.2 Å². The number of halogens is 1. The van der Waals surface area contributed by atoms with E-state index in [4.69, 9.17) is 11.6 Å². The summed E-state index contributed by atoms with van der Waals surface area (Å²) in [5.41, 5.74) is 1.73. The van der Waals surface area contributed by atoms with Crippen molar-refractivity contribution in [1.82, 2.24) is 10.2 Å². The molecule has 0 spiro atoms. The summed E-state index contributed by atoms with van der Waals surface area (Å²) in [6.45, 7) is 2.85. The topological polar surface area (TPSA) is 55.8 Å². The predicted molar refractivity (Wildman–Crippen MR) is 73.5 cm³/mol. The molecule has 0 radical (unpaired) electrons. The van der Waals surface area contributed by atoms with Crippen LogP contribution in [-0.2, 0) is 6.61 Å². The van der Waals surface area contributed by atoms with E-state index in [9.17, 15) is 9.90 Å². The molecule has 2 fully saturated rings. The quantitative estimate of drug-likeness (QED) is 0.852. The first kappa shape index (κ1) is 12.6. The number of anilines is 1. The number of piperazine rings is 1. The maximum atomic E-state index is 11.6. The summed E-state index contributed by atoms with van der Waals surface area (Å²) >= 11 is 6.12. The molecule has 1 unspecified atom stereocenters. The summed E-state index contributed by atoms with van der Waals surface area (Å²) in [5, 5.41) is 12.9. The average molecular weight is 282 g/mol. The van der Waals surface area contributed by atoms with Crippen LogP contribution in [0.5, 0.6) is 0 Å². The Hall–Kier alpha value is -1.46. The van der Waals surface area contributed by atoms with Crippen molar-refractivity contribution < 1.29 is 9.90 Å². The molecule has 0 aromatic heterocycles. The fraction of sp³-hybridized carbons (Fsp3) is 0.462. The van der Waals surface area contributed by atoms with Gasteiger partial charge in [-0.2, -0.15) is 0 Å². The molecule has 102 valence electrons. The average Bonchev–Trinajstić information content (AvgIpc) is 2.79. The van der Waals surface area contributed by atoms with Crippen molar-refractivity contribution in [2.24, 2.45) is 0 Å². The number of rotatable bonds is 2. The van der Waals surface area contributed by atoms with E-state index in [1.807, 2.05) is 17.0 Å². The van der Waals surface area contributed by atoms with Gasteiger partial charge in [0.25, 0.3) is 0 Å². The minimum atomic E-state index is -0.0724. The second-order valence-electron chi connectivity index (χ2n) is 4.87. The lowest BCUT2D eigenvalue weighted by Crippen LogP contribution is -2.52. The summed E-state index contributed by atoms with van der Waals surface area (Å²) in [6, 6.07) is 5.87. The van der Waals surface area contributed by atoms with Crippen molar-refractivity contribution in [1.29, 1.82) is 0 Å². The highest BCUT2D eigenvalue weighted by atomic mass is 35.5. The Morgan fingerprint density at radius 3 is 3.05 bits per heavy atom. The molecule has 2 saturated heterocycles. The van der Waals surface area contributed by atoms with Gasteiger partial charge in [0, 0.05) is 42.5 Å². The van der Waals surface area contributed by atoms with E-state index in [2.05, 4.69) is 10.2 Å². The van der Waals surface area contributed by atoms with Gasteiger partial charge in [-0.3, -0.25) is 0 Å². The predicted octanol–water partition coefficient (Wildman–Crippen LogP) is 1.05. The molecule has 19 heavy (non-hydrogen) atoms. The lowest BCUT2D eigenvalue weighted by molar-refractivity contribution is 0.197. The van der Waals surface area contributed by atoms with Crippen LogP contribution in [0.2, 0.25) is 5.02 Å². The molecular weight excluding hydrogens is 266 g/mol. The number of carbonyl (C=O) groups is 1. The fourth-order valence-corrected chi connectivity index (χ4v) is 3.05. The number of amides is 2. The third-order valence-electron chi connectivity index (χ3n) is 3.83. The third-order valence-corrected chi connectivity index (χ3v) is 4.18. The van der Waals surface area contributed by atoms with Crippen molar-refractivity contribution >= 4 is 23.3 Å². The Balaban J connectivity index is 1.84. The van der Waals surface area contributed by atoms with Crippen LogP contribution in [0.15, 0.2) is 18.2 Å². The maximum absolute atomic E-state index is 11.6. The van der Waals surface area contributed by atoms with E-state index >= 15 is 0 Å². The highest BCUT2D eigenvalue weighted by molar-refractivity contribution is 6.31. The second-order valence-corrected chi connectivity index (χ2v) is 5.28. The molecule has 6 heteroatoms. The monoisotopic (exact) mass is 281 g/mol. The molecule has 2 aliphatic rings. The smallest absolute Gasteiger partial charge is 0.317 e. The molecular formula is C13H16ClN3O2. The van der Waals surface area contributed by atoms with Crippen LogP contribution < -0.4 is 10.2 Å². The number of nitrogens with one attached hydrogen (secondary N) is 1. The minimum absolute atomic E-state index is 0.0260. The minimum Gasteiger partial charge on any atom is -0.392 e. The number of urea groups is 1. The standard InChI is InChI=1S/C13H16ClN3O2/c14-11-2-1-3-12(10(11)8-18)16-4-5-17-9(7-16)6-15-13(17)19/h1-3,9,18H,4-8H2,(H,15,19). The summed E-state index contributed by atoms with van der Waals surface area (Å²) in [6.07, 6.45) is 0. The molecule has 0 saturated carbocycles. The van der Waals surface area contributed by atoms with E-state index in [-0.39, 0.29) is 18.7 Å². The van der Waals surface area contributed by atoms with E-state index < -0.39 is 0 Å². The first-order valence-electron chi connectivity index (χ1n) is 6.38. The third kappa shape index (κ3) is 2.13. The van der Waals surface area contributed by atoms with E-state index in [1.54, 1.807) is 6.07 Å². The molecule has 1 atom stereocenters. The second kappa shape index (κ2) is 4.90. The van der Waals surface area contributed by atoms with Gasteiger partial charge in [-0.1, -0.05) is 17.7 Å². The molecule has 3 rings (SSSR count). The Morgan fingerprint density at radius 2 is 2.26 bits per heavy atom. The number of fused-ring (bicyclic) bond motifs is 1. The van der Waals surface area contributed by atoms with Gasteiger partial charge in [0.05, 0.1) is 12.6 Å². The number of aliphatic hydroxyl groups is 1. The first-order chi connectivity index (χ1) is 9.20. The van der Waals surface area contributed by atoms with E-state index in [0.29, 0.717) is 18.1 Å². The summed E-state index contributed by atoms with van der Waals surface area (Å²) < 4.78 is 0. The zero-order valence-corrected chi connectivity index (χ0v) is 11.2. The van der Waals surface area contributed by atoms with Crippen LogP contribution in [0, 0.1) is 0 Å². The van der Waals surface area contributed by atoms with Crippen LogP contribution in [0.3, 0.4) is 0 Å². The van der Waals surface area contributed by atoms with Crippen molar-refractivity contribution in [3.63, 3.8) is 0 Å². The van der Waals surface area contributed by atoms with Gasteiger partial charge in [-0.05, 0) is 12.1 Å². The van der Waals surface area contributed by atoms with Gasteiger partial charge >= 0.3 is 6.03 Å². The molecule has 2 N–H and O–H groups in total. The van der Waals surface area contributed by atoms with Crippen LogP contribution in [0.1, 0.15) is 5.56 Å². The summed E-state index contributed by atoms with van der Waals surface area (Å²) in [4.78, 5) is 15.6. The van der Waals surface area contributed by atoms with Crippen LogP contribution in [-0.4, -0.2) is 48.3 Å². The van der Waals surface area contributed by atoms with Crippen molar-refractivity contribution in [2.45, 2.75) is 12.6 Å². The molecule has 0 aliphatic carbocycles. The van der Waals surface area contributed by atoms with Gasteiger partial charge in [-0.25, -0.2) is 4.79 Å². The Bertz CT molecular complexity index is 509. The fourth-order valence-electron chi connectivity index (χ4n) is 2.82. The number of carbonyl (C=O) groups excluding carboxylic acids is 1. The molecule has 5 nitrogen and oxygen atoms in total. The van der Waals surface area contributed by atoms with E-state index in [1.165, 1.54) is 0 Å². The van der Waals surface area contributed by atoms with Crippen molar-refractivity contribution in [3.05, 3.63) is 28.8 Å². The van der Waals surface area contributed by atoms with Crippen LogP contribution in [0.25, 0.3) is 0 Å². The van der Waals surface area contributed by atoms with Crippen LogP contribution in [0.4, 0.5) is 10.5 Å². The van der Waals surface area contributed by atoms with Crippen LogP contribution >= 0.6 is 11.6 Å². The molecule has 2 heterocycles. The summed E-state index contributed by atoms with van der Waals surface area (Å²) in [5.74, 6) is 0. The lowest BCUT2D eigenvalue weighted by atomic mass is 10.1. The number of benzene rings is 1. The molecule has 2 aliphatic heterocycles. The highest BCUT2D eigenvalue weighted by Crippen LogP contribution is 2.29. The summed E-state index contributed by atoms with van der Waals surface area (Å²) in [7, 11) is 0. The Kier molecular flexibility index (Phi) is 3.24. The normalized spacial score (nSPS) is 22.4. The SMILES string of the molecule is O=C1NCC2CN(c3cccc(Cl)c3CO)CCN12. The van der Waals surface area contributed by atoms with Gasteiger partial charge in [0.2, 0.25) is 0 Å². The Labute approximate surface area is 116 Å². The number of hydrogen-bond donors (Lipinski definition) is 2. The number of aliphatic hydroxyl groups excluding tert-OH is 1. The molecule has 1 aromatic rings. The molecule has 0 bridgehead atoms. The Morgan fingerprint density at radius 1 is 1.42 bits per heavy atom. The lowest BCUT2D eigenvalue weighted by Gasteiger charge is -2.38. The zero-order chi connectivity index (χ0) is 13.4. The highest BCUT2D eigenvalue weighted by Gasteiger charge is 2.35. The molecule has 1 aromatic carbocycles. The zero-order valence-electron chi connectivity index (χ0n) is 10.5. The van der Waals surface area contributed by atoms with Gasteiger partial charge in [-0.15, -0.1) is 0 Å². The maximum Gasteiger partial charge on any atom is 0.317 e.